The highest BCUT2D eigenvalue weighted by molar-refractivity contribution is 8.18. The van der Waals surface area contributed by atoms with Crippen LogP contribution in [0.15, 0.2) is 35.2 Å². The number of aryl methyl sites for hydroxylation is 2. The van der Waals surface area contributed by atoms with Crippen LogP contribution < -0.4 is 14.8 Å². The van der Waals surface area contributed by atoms with Crippen molar-refractivity contribution in [3.05, 3.63) is 56.9 Å². The molecule has 2 aliphatic rings. The first-order valence-corrected chi connectivity index (χ1v) is 10.2. The second-order valence-electron chi connectivity index (χ2n) is 6.84. The van der Waals surface area contributed by atoms with E-state index in [-0.39, 0.29) is 18.2 Å². The summed E-state index contributed by atoms with van der Waals surface area (Å²) in [5, 5.41) is 2.56. The van der Waals surface area contributed by atoms with Gasteiger partial charge in [0.2, 0.25) is 12.7 Å². The van der Waals surface area contributed by atoms with Gasteiger partial charge in [0.15, 0.2) is 11.5 Å². The summed E-state index contributed by atoms with van der Waals surface area (Å²) in [5.41, 5.74) is 3.26. The van der Waals surface area contributed by atoms with Gasteiger partial charge >= 0.3 is 0 Å². The van der Waals surface area contributed by atoms with Crippen LogP contribution >= 0.6 is 23.4 Å². The maximum Gasteiger partial charge on any atom is 0.294 e. The zero-order valence-corrected chi connectivity index (χ0v) is 17.7. The van der Waals surface area contributed by atoms with E-state index in [1.807, 2.05) is 26.0 Å². The van der Waals surface area contributed by atoms with Crippen molar-refractivity contribution in [2.45, 2.75) is 13.8 Å². The fourth-order valence-electron chi connectivity index (χ4n) is 2.98. The summed E-state index contributed by atoms with van der Waals surface area (Å²) >= 11 is 7.00. The number of ether oxygens (including phenoxy) is 2. The molecule has 0 aliphatic carbocycles. The number of anilines is 1. The summed E-state index contributed by atoms with van der Waals surface area (Å²) in [6.45, 7) is 3.64. The summed E-state index contributed by atoms with van der Waals surface area (Å²) in [6, 6.07) is 8.74. The smallest absolute Gasteiger partial charge is 0.294 e. The van der Waals surface area contributed by atoms with E-state index in [0.717, 1.165) is 27.8 Å². The van der Waals surface area contributed by atoms with Crippen molar-refractivity contribution in [3.8, 4) is 11.5 Å². The molecule has 0 unspecified atom stereocenters. The fourth-order valence-corrected chi connectivity index (χ4v) is 4.02. The number of halogens is 1. The number of amides is 3. The molecule has 2 aromatic carbocycles. The van der Waals surface area contributed by atoms with Crippen molar-refractivity contribution in [1.29, 1.82) is 0 Å². The van der Waals surface area contributed by atoms with E-state index in [4.69, 9.17) is 21.1 Å². The molecular formula is C21H17ClN2O5S. The number of benzene rings is 2. The SMILES string of the molecule is Cc1ccc(NC(=O)CN2C(=O)SC(=Cc3cc4c(cc3Cl)OCO4)C2=O)cc1C. The van der Waals surface area contributed by atoms with E-state index in [0.29, 0.717) is 27.8 Å². The first-order chi connectivity index (χ1) is 14.3. The van der Waals surface area contributed by atoms with Crippen LogP contribution in [0, 0.1) is 13.8 Å². The maximum atomic E-state index is 12.7. The van der Waals surface area contributed by atoms with Gasteiger partial charge < -0.3 is 14.8 Å². The lowest BCUT2D eigenvalue weighted by Gasteiger charge is -2.13. The number of imide groups is 1. The number of fused-ring (bicyclic) bond motifs is 1. The molecule has 2 aromatic rings. The summed E-state index contributed by atoms with van der Waals surface area (Å²) in [5.74, 6) is 0.0304. The Hall–Kier alpha value is -2.97. The number of hydrogen-bond acceptors (Lipinski definition) is 6. The van der Waals surface area contributed by atoms with Crippen LogP contribution in [0.3, 0.4) is 0 Å². The van der Waals surface area contributed by atoms with E-state index >= 15 is 0 Å². The van der Waals surface area contributed by atoms with E-state index in [1.54, 1.807) is 18.2 Å². The molecule has 0 spiro atoms. The molecule has 0 radical (unpaired) electrons. The Kier molecular flexibility index (Phi) is 5.44. The molecule has 1 N–H and O–H groups in total. The average molecular weight is 445 g/mol. The highest BCUT2D eigenvalue weighted by atomic mass is 35.5. The summed E-state index contributed by atoms with van der Waals surface area (Å²) in [6.07, 6.45) is 1.51. The highest BCUT2D eigenvalue weighted by Crippen LogP contribution is 2.39. The predicted octanol–water partition coefficient (Wildman–Crippen LogP) is 4.36. The van der Waals surface area contributed by atoms with Crippen LogP contribution in [0.1, 0.15) is 16.7 Å². The number of nitrogens with zero attached hydrogens (tertiary/aromatic N) is 1. The lowest BCUT2D eigenvalue weighted by Crippen LogP contribution is -2.36. The van der Waals surface area contributed by atoms with Crippen LogP contribution in [0.5, 0.6) is 11.5 Å². The minimum absolute atomic E-state index is 0.0985. The molecule has 0 aromatic heterocycles. The van der Waals surface area contributed by atoms with Crippen LogP contribution in [-0.4, -0.2) is 35.3 Å². The number of nitrogens with one attached hydrogen (secondary N) is 1. The molecule has 0 bridgehead atoms. The van der Waals surface area contributed by atoms with Crippen molar-refractivity contribution in [2.75, 3.05) is 18.7 Å². The van der Waals surface area contributed by atoms with Gasteiger partial charge in [-0.1, -0.05) is 17.7 Å². The molecule has 2 aliphatic heterocycles. The second-order valence-corrected chi connectivity index (χ2v) is 8.24. The van der Waals surface area contributed by atoms with E-state index in [9.17, 15) is 14.4 Å². The van der Waals surface area contributed by atoms with Gasteiger partial charge in [-0.2, -0.15) is 0 Å². The Morgan fingerprint density at radius 1 is 1.17 bits per heavy atom. The Morgan fingerprint density at radius 3 is 2.63 bits per heavy atom. The maximum absolute atomic E-state index is 12.7. The van der Waals surface area contributed by atoms with Gasteiger partial charge in [0, 0.05) is 11.8 Å². The third kappa shape index (κ3) is 4.01. The Bertz CT molecular complexity index is 1110. The molecule has 7 nitrogen and oxygen atoms in total. The number of rotatable bonds is 4. The minimum Gasteiger partial charge on any atom is -0.454 e. The van der Waals surface area contributed by atoms with Crippen molar-refractivity contribution in [1.82, 2.24) is 4.90 Å². The lowest BCUT2D eigenvalue weighted by molar-refractivity contribution is -0.127. The first-order valence-electron chi connectivity index (χ1n) is 9.03. The van der Waals surface area contributed by atoms with Crippen LogP contribution in [0.2, 0.25) is 5.02 Å². The van der Waals surface area contributed by atoms with Crippen molar-refractivity contribution >= 4 is 52.2 Å². The molecule has 2 heterocycles. The minimum atomic E-state index is -0.547. The lowest BCUT2D eigenvalue weighted by atomic mass is 10.1. The van der Waals surface area contributed by atoms with Gasteiger partial charge in [0.25, 0.3) is 11.1 Å². The number of hydrogen-bond donors (Lipinski definition) is 1. The largest absolute Gasteiger partial charge is 0.454 e. The summed E-state index contributed by atoms with van der Waals surface area (Å²) in [4.78, 5) is 38.5. The molecule has 9 heteroatoms. The quantitative estimate of drug-likeness (QED) is 0.705. The molecule has 154 valence electrons. The number of thioether (sulfide) groups is 1. The molecule has 3 amide bonds. The fraction of sp³-hybridized carbons (Fsp3) is 0.190. The molecular weight excluding hydrogens is 428 g/mol. The van der Waals surface area contributed by atoms with Gasteiger partial charge in [-0.3, -0.25) is 19.3 Å². The molecule has 0 atom stereocenters. The molecule has 1 saturated heterocycles. The molecule has 4 rings (SSSR count). The average Bonchev–Trinajstić information content (AvgIpc) is 3.24. The normalized spacial score (nSPS) is 16.5. The predicted molar refractivity (Wildman–Crippen MR) is 115 cm³/mol. The first kappa shape index (κ1) is 20.3. The van der Waals surface area contributed by atoms with Gasteiger partial charge in [-0.05, 0) is 66.6 Å². The van der Waals surface area contributed by atoms with E-state index in [1.165, 1.54) is 6.08 Å². The highest BCUT2D eigenvalue weighted by Gasteiger charge is 2.36. The van der Waals surface area contributed by atoms with E-state index in [2.05, 4.69) is 5.32 Å². The van der Waals surface area contributed by atoms with Gasteiger partial charge in [-0.15, -0.1) is 0 Å². The summed E-state index contributed by atoms with van der Waals surface area (Å²) < 4.78 is 10.6. The third-order valence-electron chi connectivity index (χ3n) is 4.74. The third-order valence-corrected chi connectivity index (χ3v) is 5.98. The van der Waals surface area contributed by atoms with Crippen LogP contribution in [0.4, 0.5) is 10.5 Å². The van der Waals surface area contributed by atoms with Crippen LogP contribution in [0.25, 0.3) is 6.08 Å². The van der Waals surface area contributed by atoms with Crippen molar-refractivity contribution < 1.29 is 23.9 Å². The standard InChI is InChI=1S/C21H17ClN2O5S/c1-11-3-4-14(5-12(11)2)23-19(25)9-24-20(26)18(30-21(24)27)7-13-6-16-17(8-15(13)22)29-10-28-16/h3-8H,9-10H2,1-2H3,(H,23,25). The topological polar surface area (TPSA) is 84.9 Å². The van der Waals surface area contributed by atoms with Gasteiger partial charge in [-0.25, -0.2) is 0 Å². The monoisotopic (exact) mass is 444 g/mol. The Labute approximate surface area is 182 Å². The summed E-state index contributed by atoms with van der Waals surface area (Å²) in [7, 11) is 0. The number of carbonyl (C=O) groups is 3. The van der Waals surface area contributed by atoms with Gasteiger partial charge in [0.05, 0.1) is 9.93 Å². The Morgan fingerprint density at radius 2 is 1.90 bits per heavy atom. The number of carbonyl (C=O) groups excluding carboxylic acids is 3. The van der Waals surface area contributed by atoms with Crippen molar-refractivity contribution in [2.24, 2.45) is 0 Å². The molecule has 30 heavy (non-hydrogen) atoms. The zero-order valence-electron chi connectivity index (χ0n) is 16.2. The molecule has 0 saturated carbocycles. The zero-order chi connectivity index (χ0) is 21.4. The second kappa shape index (κ2) is 8.04. The Balaban J connectivity index is 1.48. The van der Waals surface area contributed by atoms with Gasteiger partial charge in [0.1, 0.15) is 6.54 Å². The van der Waals surface area contributed by atoms with Crippen molar-refractivity contribution in [3.63, 3.8) is 0 Å². The molecule has 1 fully saturated rings. The van der Waals surface area contributed by atoms with Crippen LogP contribution in [-0.2, 0) is 9.59 Å². The van der Waals surface area contributed by atoms with E-state index < -0.39 is 17.1 Å².